The van der Waals surface area contributed by atoms with E-state index in [1.165, 1.54) is 38.9 Å². The molecule has 116 valence electrons. The number of rotatable bonds is 5. The molecular weight excluding hydrogens is 254 g/mol. The van der Waals surface area contributed by atoms with Crippen molar-refractivity contribution in [2.45, 2.75) is 32.1 Å². The fraction of sp³-hybridized carbons (Fsp3) is 0.933. The van der Waals surface area contributed by atoms with Crippen LogP contribution in [0.1, 0.15) is 32.1 Å². The summed E-state index contributed by atoms with van der Waals surface area (Å²) < 4.78 is 0. The molecule has 20 heavy (non-hydrogen) atoms. The number of amides is 1. The maximum Gasteiger partial charge on any atom is 0.407 e. The molecule has 0 aromatic rings. The molecule has 0 atom stereocenters. The lowest BCUT2D eigenvalue weighted by molar-refractivity contribution is 0.115. The Bertz CT molecular complexity index is 297. The normalized spacial score (nSPS) is 22.4. The van der Waals surface area contributed by atoms with E-state index in [0.717, 1.165) is 25.3 Å². The highest BCUT2D eigenvalue weighted by molar-refractivity contribution is 5.64. The van der Waals surface area contributed by atoms with Gasteiger partial charge < -0.3 is 20.2 Å². The summed E-state index contributed by atoms with van der Waals surface area (Å²) in [6.07, 6.45) is 5.23. The SMILES string of the molecule is CN(CCC1CCNCC1)CC1CCN(C(=O)O)CC1. The molecule has 0 bridgehead atoms. The Kier molecular flexibility index (Phi) is 6.10. The van der Waals surface area contributed by atoms with Crippen molar-refractivity contribution in [2.24, 2.45) is 11.8 Å². The standard InChI is InChI=1S/C15H29N3O2/c1-17(9-4-13-2-7-16-8-3-13)12-14-5-10-18(11-6-14)15(19)20/h13-14,16H,2-12H2,1H3,(H,19,20). The summed E-state index contributed by atoms with van der Waals surface area (Å²) in [5.74, 6) is 1.57. The predicted molar refractivity (Wildman–Crippen MR) is 80.0 cm³/mol. The minimum Gasteiger partial charge on any atom is -0.465 e. The molecule has 0 aliphatic carbocycles. The molecule has 2 saturated heterocycles. The van der Waals surface area contributed by atoms with Crippen molar-refractivity contribution in [2.75, 3.05) is 46.3 Å². The molecule has 0 unspecified atom stereocenters. The Hall–Kier alpha value is -0.810. The Labute approximate surface area is 122 Å². The number of piperidine rings is 2. The van der Waals surface area contributed by atoms with Gasteiger partial charge >= 0.3 is 6.09 Å². The highest BCUT2D eigenvalue weighted by Gasteiger charge is 2.23. The number of carbonyl (C=O) groups is 1. The molecule has 5 heteroatoms. The van der Waals surface area contributed by atoms with Crippen LogP contribution in [0.5, 0.6) is 0 Å². The quantitative estimate of drug-likeness (QED) is 0.806. The minimum atomic E-state index is -0.761. The van der Waals surface area contributed by atoms with E-state index in [-0.39, 0.29) is 0 Å². The summed E-state index contributed by atoms with van der Waals surface area (Å²) in [6.45, 7) is 6.09. The van der Waals surface area contributed by atoms with Crippen LogP contribution in [0.4, 0.5) is 4.79 Å². The van der Waals surface area contributed by atoms with Gasteiger partial charge in [-0.2, -0.15) is 0 Å². The summed E-state index contributed by atoms with van der Waals surface area (Å²) >= 11 is 0. The molecule has 2 aliphatic heterocycles. The number of likely N-dealkylation sites (tertiary alicyclic amines) is 1. The first-order valence-corrected chi connectivity index (χ1v) is 8.02. The van der Waals surface area contributed by atoms with E-state index in [2.05, 4.69) is 17.3 Å². The maximum absolute atomic E-state index is 10.9. The molecule has 5 nitrogen and oxygen atoms in total. The van der Waals surface area contributed by atoms with Crippen LogP contribution in [0.25, 0.3) is 0 Å². The third-order valence-corrected chi connectivity index (χ3v) is 4.83. The van der Waals surface area contributed by atoms with Gasteiger partial charge in [0.05, 0.1) is 0 Å². The van der Waals surface area contributed by atoms with Gasteiger partial charge in [0.15, 0.2) is 0 Å². The predicted octanol–water partition coefficient (Wildman–Crippen LogP) is 1.70. The summed E-state index contributed by atoms with van der Waals surface area (Å²) in [5, 5.41) is 12.4. The summed E-state index contributed by atoms with van der Waals surface area (Å²) in [4.78, 5) is 14.9. The van der Waals surface area contributed by atoms with Crippen molar-refractivity contribution < 1.29 is 9.90 Å². The topological polar surface area (TPSA) is 55.8 Å². The van der Waals surface area contributed by atoms with Gasteiger partial charge in [0.1, 0.15) is 0 Å². The van der Waals surface area contributed by atoms with E-state index in [0.29, 0.717) is 19.0 Å². The Morgan fingerprint density at radius 1 is 1.20 bits per heavy atom. The zero-order valence-electron chi connectivity index (χ0n) is 12.7. The first-order valence-electron chi connectivity index (χ1n) is 8.02. The second-order valence-electron chi connectivity index (χ2n) is 6.46. The lowest BCUT2D eigenvalue weighted by Crippen LogP contribution is -2.40. The van der Waals surface area contributed by atoms with E-state index in [4.69, 9.17) is 5.11 Å². The third kappa shape index (κ3) is 4.94. The lowest BCUT2D eigenvalue weighted by atomic mass is 9.93. The van der Waals surface area contributed by atoms with Gasteiger partial charge in [-0.15, -0.1) is 0 Å². The second kappa shape index (κ2) is 7.84. The molecule has 0 spiro atoms. The van der Waals surface area contributed by atoms with Crippen LogP contribution in [-0.4, -0.2) is 67.3 Å². The Balaban J connectivity index is 1.60. The van der Waals surface area contributed by atoms with Crippen LogP contribution < -0.4 is 5.32 Å². The van der Waals surface area contributed by atoms with Gasteiger partial charge in [-0.25, -0.2) is 4.79 Å². The molecule has 2 heterocycles. The molecule has 0 aromatic carbocycles. The van der Waals surface area contributed by atoms with E-state index in [9.17, 15) is 4.79 Å². The van der Waals surface area contributed by atoms with Crippen LogP contribution in [0.2, 0.25) is 0 Å². The summed E-state index contributed by atoms with van der Waals surface area (Å²) in [5.41, 5.74) is 0. The first kappa shape index (κ1) is 15.6. The van der Waals surface area contributed by atoms with Crippen molar-refractivity contribution in [1.82, 2.24) is 15.1 Å². The van der Waals surface area contributed by atoms with Crippen molar-refractivity contribution >= 4 is 6.09 Å². The van der Waals surface area contributed by atoms with Crippen LogP contribution >= 0.6 is 0 Å². The molecule has 2 rings (SSSR count). The minimum absolute atomic E-state index is 0.670. The monoisotopic (exact) mass is 283 g/mol. The lowest BCUT2D eigenvalue weighted by Gasteiger charge is -2.33. The van der Waals surface area contributed by atoms with E-state index in [1.807, 2.05) is 0 Å². The first-order chi connectivity index (χ1) is 9.65. The van der Waals surface area contributed by atoms with Crippen molar-refractivity contribution in [3.05, 3.63) is 0 Å². The van der Waals surface area contributed by atoms with E-state index >= 15 is 0 Å². The average molecular weight is 283 g/mol. The number of carboxylic acid groups (broad SMARTS) is 1. The molecular formula is C15H29N3O2. The van der Waals surface area contributed by atoms with Gasteiger partial charge in [-0.1, -0.05) is 0 Å². The molecule has 2 N–H and O–H groups in total. The van der Waals surface area contributed by atoms with Gasteiger partial charge in [0.25, 0.3) is 0 Å². The average Bonchev–Trinajstić information content (AvgIpc) is 2.47. The van der Waals surface area contributed by atoms with Crippen LogP contribution in [-0.2, 0) is 0 Å². The van der Waals surface area contributed by atoms with Crippen LogP contribution in [0, 0.1) is 11.8 Å². The molecule has 0 aromatic heterocycles. The number of nitrogens with zero attached hydrogens (tertiary/aromatic N) is 2. The van der Waals surface area contributed by atoms with Gasteiger partial charge in [-0.3, -0.25) is 0 Å². The van der Waals surface area contributed by atoms with Gasteiger partial charge in [0.2, 0.25) is 0 Å². The fourth-order valence-electron chi connectivity index (χ4n) is 3.41. The van der Waals surface area contributed by atoms with Gasteiger partial charge in [-0.05, 0) is 70.6 Å². The summed E-state index contributed by atoms with van der Waals surface area (Å²) in [6, 6.07) is 0. The highest BCUT2D eigenvalue weighted by atomic mass is 16.4. The number of hydrogen-bond donors (Lipinski definition) is 2. The molecule has 0 radical (unpaired) electrons. The van der Waals surface area contributed by atoms with E-state index < -0.39 is 6.09 Å². The Morgan fingerprint density at radius 3 is 2.45 bits per heavy atom. The van der Waals surface area contributed by atoms with Crippen LogP contribution in [0.15, 0.2) is 0 Å². The fourth-order valence-corrected chi connectivity index (χ4v) is 3.41. The third-order valence-electron chi connectivity index (χ3n) is 4.83. The zero-order valence-corrected chi connectivity index (χ0v) is 12.7. The number of hydrogen-bond acceptors (Lipinski definition) is 3. The van der Waals surface area contributed by atoms with Crippen LogP contribution in [0.3, 0.4) is 0 Å². The smallest absolute Gasteiger partial charge is 0.407 e. The highest BCUT2D eigenvalue weighted by Crippen LogP contribution is 2.20. The zero-order chi connectivity index (χ0) is 14.4. The largest absolute Gasteiger partial charge is 0.465 e. The summed E-state index contributed by atoms with van der Waals surface area (Å²) in [7, 11) is 2.21. The molecule has 0 saturated carbocycles. The second-order valence-corrected chi connectivity index (χ2v) is 6.46. The van der Waals surface area contributed by atoms with Crippen molar-refractivity contribution in [3.8, 4) is 0 Å². The van der Waals surface area contributed by atoms with Crippen molar-refractivity contribution in [1.29, 1.82) is 0 Å². The molecule has 1 amide bonds. The van der Waals surface area contributed by atoms with Gasteiger partial charge in [0, 0.05) is 19.6 Å². The maximum atomic E-state index is 10.9. The molecule has 2 aliphatic rings. The number of nitrogens with one attached hydrogen (secondary N) is 1. The molecule has 2 fully saturated rings. The Morgan fingerprint density at radius 2 is 1.85 bits per heavy atom. The van der Waals surface area contributed by atoms with E-state index in [1.54, 1.807) is 4.90 Å². The van der Waals surface area contributed by atoms with Crippen molar-refractivity contribution in [3.63, 3.8) is 0 Å².